The van der Waals surface area contributed by atoms with Crippen LogP contribution in [0.1, 0.15) is 11.1 Å². The molecule has 0 amide bonds. The fourth-order valence-corrected chi connectivity index (χ4v) is 2.18. The van der Waals surface area contributed by atoms with E-state index in [0.29, 0.717) is 23.1 Å². The first-order valence-corrected chi connectivity index (χ1v) is 6.81. The third-order valence-electron chi connectivity index (χ3n) is 3.11. The minimum Gasteiger partial charge on any atom is -0.473 e. The van der Waals surface area contributed by atoms with E-state index in [1.165, 1.54) is 0 Å². The van der Waals surface area contributed by atoms with Gasteiger partial charge in [0, 0.05) is 16.5 Å². The van der Waals surface area contributed by atoms with E-state index >= 15 is 0 Å². The van der Waals surface area contributed by atoms with E-state index in [-0.39, 0.29) is 0 Å². The van der Waals surface area contributed by atoms with Crippen molar-refractivity contribution >= 4 is 22.5 Å². The summed E-state index contributed by atoms with van der Waals surface area (Å²) in [5.41, 5.74) is 2.31. The molecule has 0 aliphatic rings. The largest absolute Gasteiger partial charge is 0.473 e. The van der Waals surface area contributed by atoms with Gasteiger partial charge in [0.2, 0.25) is 5.88 Å². The van der Waals surface area contributed by atoms with Gasteiger partial charge in [-0.05, 0) is 23.8 Å². The SMILES string of the molecule is N#Cc1cc(OCc2ccc(Cl)cc2)nc2ccccc12. The first-order chi connectivity index (χ1) is 10.3. The Kier molecular flexibility index (Phi) is 3.72. The van der Waals surface area contributed by atoms with Crippen molar-refractivity contribution in [2.45, 2.75) is 6.61 Å². The van der Waals surface area contributed by atoms with Crippen LogP contribution in [0.4, 0.5) is 0 Å². The minimum absolute atomic E-state index is 0.382. The van der Waals surface area contributed by atoms with Crippen LogP contribution in [0.25, 0.3) is 10.9 Å². The smallest absolute Gasteiger partial charge is 0.215 e. The van der Waals surface area contributed by atoms with E-state index in [1.54, 1.807) is 6.07 Å². The highest BCUT2D eigenvalue weighted by molar-refractivity contribution is 6.30. The van der Waals surface area contributed by atoms with Gasteiger partial charge in [-0.2, -0.15) is 5.26 Å². The summed E-state index contributed by atoms with van der Waals surface area (Å²) in [6.07, 6.45) is 0. The van der Waals surface area contributed by atoms with E-state index in [1.807, 2.05) is 48.5 Å². The number of pyridine rings is 1. The van der Waals surface area contributed by atoms with Crippen LogP contribution in [0.3, 0.4) is 0 Å². The third-order valence-corrected chi connectivity index (χ3v) is 3.37. The lowest BCUT2D eigenvalue weighted by Gasteiger charge is -2.07. The van der Waals surface area contributed by atoms with Crippen molar-refractivity contribution < 1.29 is 4.74 Å². The Hall–Kier alpha value is -2.57. The number of hydrogen-bond acceptors (Lipinski definition) is 3. The number of fused-ring (bicyclic) bond motifs is 1. The van der Waals surface area contributed by atoms with Crippen LogP contribution in [-0.2, 0) is 6.61 Å². The summed E-state index contributed by atoms with van der Waals surface area (Å²) >= 11 is 5.84. The molecule has 0 fully saturated rings. The molecule has 3 nitrogen and oxygen atoms in total. The number of aromatic nitrogens is 1. The fourth-order valence-electron chi connectivity index (χ4n) is 2.06. The van der Waals surface area contributed by atoms with E-state index in [9.17, 15) is 5.26 Å². The number of nitrogens with zero attached hydrogens (tertiary/aromatic N) is 2. The highest BCUT2D eigenvalue weighted by atomic mass is 35.5. The number of nitriles is 1. The van der Waals surface area contributed by atoms with Gasteiger partial charge < -0.3 is 4.74 Å². The van der Waals surface area contributed by atoms with Crippen LogP contribution in [-0.4, -0.2) is 4.98 Å². The highest BCUT2D eigenvalue weighted by Crippen LogP contribution is 2.22. The number of hydrogen-bond donors (Lipinski definition) is 0. The van der Waals surface area contributed by atoms with E-state index in [2.05, 4.69) is 11.1 Å². The van der Waals surface area contributed by atoms with Crippen LogP contribution < -0.4 is 4.74 Å². The molecule has 0 unspecified atom stereocenters. The molecule has 3 aromatic rings. The molecular formula is C17H11ClN2O. The van der Waals surface area contributed by atoms with Gasteiger partial charge in [-0.3, -0.25) is 0 Å². The van der Waals surface area contributed by atoms with Gasteiger partial charge in [0.1, 0.15) is 12.7 Å². The Morgan fingerprint density at radius 2 is 1.86 bits per heavy atom. The predicted octanol–water partition coefficient (Wildman–Crippen LogP) is 4.34. The van der Waals surface area contributed by atoms with Gasteiger partial charge in [-0.15, -0.1) is 0 Å². The number of para-hydroxylation sites is 1. The molecule has 21 heavy (non-hydrogen) atoms. The molecule has 102 valence electrons. The maximum atomic E-state index is 9.23. The fraction of sp³-hybridized carbons (Fsp3) is 0.0588. The average Bonchev–Trinajstić information content (AvgIpc) is 2.53. The molecule has 0 radical (unpaired) electrons. The topological polar surface area (TPSA) is 45.9 Å². The Bertz CT molecular complexity index is 822. The number of rotatable bonds is 3. The molecule has 0 N–H and O–H groups in total. The van der Waals surface area contributed by atoms with Crippen molar-refractivity contribution in [3.8, 4) is 11.9 Å². The lowest BCUT2D eigenvalue weighted by atomic mass is 10.1. The molecule has 0 saturated carbocycles. The van der Waals surface area contributed by atoms with Crippen molar-refractivity contribution in [1.82, 2.24) is 4.98 Å². The summed E-state index contributed by atoms with van der Waals surface area (Å²) < 4.78 is 5.68. The van der Waals surface area contributed by atoms with Crippen LogP contribution in [0.5, 0.6) is 5.88 Å². The Balaban J connectivity index is 1.87. The van der Waals surface area contributed by atoms with Crippen molar-refractivity contribution in [2.75, 3.05) is 0 Å². The second-order valence-corrected chi connectivity index (χ2v) is 4.99. The first kappa shape index (κ1) is 13.4. The Labute approximate surface area is 127 Å². The average molecular weight is 295 g/mol. The van der Waals surface area contributed by atoms with Gasteiger partial charge >= 0.3 is 0 Å². The molecule has 3 rings (SSSR count). The first-order valence-electron chi connectivity index (χ1n) is 6.43. The normalized spacial score (nSPS) is 10.3. The summed E-state index contributed by atoms with van der Waals surface area (Å²) in [6, 6.07) is 18.8. The lowest BCUT2D eigenvalue weighted by molar-refractivity contribution is 0.295. The molecule has 0 bridgehead atoms. The van der Waals surface area contributed by atoms with Crippen LogP contribution >= 0.6 is 11.6 Å². The number of benzene rings is 2. The molecule has 0 saturated heterocycles. The maximum absolute atomic E-state index is 9.23. The second kappa shape index (κ2) is 5.82. The molecule has 2 aromatic carbocycles. The quantitative estimate of drug-likeness (QED) is 0.722. The van der Waals surface area contributed by atoms with E-state index in [0.717, 1.165) is 16.5 Å². The summed E-state index contributed by atoms with van der Waals surface area (Å²) in [4.78, 5) is 4.42. The van der Waals surface area contributed by atoms with Crippen molar-refractivity contribution in [1.29, 1.82) is 5.26 Å². The molecule has 0 aliphatic carbocycles. The minimum atomic E-state index is 0.382. The van der Waals surface area contributed by atoms with Crippen molar-refractivity contribution in [2.24, 2.45) is 0 Å². The van der Waals surface area contributed by atoms with Crippen LogP contribution in [0.15, 0.2) is 54.6 Å². The van der Waals surface area contributed by atoms with Crippen molar-refractivity contribution in [3.05, 3.63) is 70.7 Å². The zero-order chi connectivity index (χ0) is 14.7. The molecule has 1 aromatic heterocycles. The van der Waals surface area contributed by atoms with Gasteiger partial charge in [-0.1, -0.05) is 41.9 Å². The zero-order valence-electron chi connectivity index (χ0n) is 11.1. The third kappa shape index (κ3) is 2.96. The number of ether oxygens (including phenoxy) is 1. The second-order valence-electron chi connectivity index (χ2n) is 4.55. The summed E-state index contributed by atoms with van der Waals surface area (Å²) in [5.74, 6) is 0.445. The lowest BCUT2D eigenvalue weighted by Crippen LogP contribution is -1.98. The standard InChI is InChI=1S/C17H11ClN2O/c18-14-7-5-12(6-8-14)11-21-17-9-13(10-19)15-3-1-2-4-16(15)20-17/h1-9H,11H2. The Morgan fingerprint density at radius 1 is 1.10 bits per heavy atom. The van der Waals surface area contributed by atoms with E-state index < -0.39 is 0 Å². The summed E-state index contributed by atoms with van der Waals surface area (Å²) in [7, 11) is 0. The molecule has 4 heteroatoms. The molecule has 0 spiro atoms. The van der Waals surface area contributed by atoms with Crippen molar-refractivity contribution in [3.63, 3.8) is 0 Å². The Morgan fingerprint density at radius 3 is 2.62 bits per heavy atom. The van der Waals surface area contributed by atoms with Gasteiger partial charge in [0.05, 0.1) is 11.1 Å². The van der Waals surface area contributed by atoms with Gasteiger partial charge in [0.15, 0.2) is 0 Å². The van der Waals surface area contributed by atoms with Gasteiger partial charge in [-0.25, -0.2) is 4.98 Å². The molecule has 1 heterocycles. The zero-order valence-corrected chi connectivity index (χ0v) is 11.8. The summed E-state index contributed by atoms with van der Waals surface area (Å²) in [6.45, 7) is 0.382. The van der Waals surface area contributed by atoms with Gasteiger partial charge in [0.25, 0.3) is 0 Å². The molecule has 0 atom stereocenters. The van der Waals surface area contributed by atoms with E-state index in [4.69, 9.17) is 16.3 Å². The van der Waals surface area contributed by atoms with Crippen LogP contribution in [0, 0.1) is 11.3 Å². The summed E-state index contributed by atoms with van der Waals surface area (Å²) in [5, 5.41) is 10.7. The monoisotopic (exact) mass is 294 g/mol. The van der Waals surface area contributed by atoms with Crippen LogP contribution in [0.2, 0.25) is 5.02 Å². The molecule has 0 aliphatic heterocycles. The number of halogens is 1. The highest BCUT2D eigenvalue weighted by Gasteiger charge is 2.06. The molecular weight excluding hydrogens is 284 g/mol. The predicted molar refractivity (Wildman–Crippen MR) is 82.2 cm³/mol. The maximum Gasteiger partial charge on any atom is 0.215 e.